The highest BCUT2D eigenvalue weighted by Crippen LogP contribution is 2.15. The molecular formula is C9H19N3O2. The van der Waals surface area contributed by atoms with Crippen LogP contribution in [0.4, 0.5) is 0 Å². The number of amides is 1. The van der Waals surface area contributed by atoms with Gasteiger partial charge in [0.05, 0.1) is 5.54 Å². The predicted octanol–water partition coefficient (Wildman–Crippen LogP) is 0.674. The van der Waals surface area contributed by atoms with Gasteiger partial charge in [-0.1, -0.05) is 25.9 Å². The summed E-state index contributed by atoms with van der Waals surface area (Å²) in [5.74, 6) is -0.163. The summed E-state index contributed by atoms with van der Waals surface area (Å²) in [5.41, 5.74) is 4.10. The summed E-state index contributed by atoms with van der Waals surface area (Å²) in [6.45, 7) is 8.73. The maximum Gasteiger partial charge on any atom is 0.226 e. The Labute approximate surface area is 84.4 Å². The van der Waals surface area contributed by atoms with E-state index in [-0.39, 0.29) is 11.7 Å². The van der Waals surface area contributed by atoms with Gasteiger partial charge in [-0.2, -0.15) is 0 Å². The number of nitrogens with zero attached hydrogens (tertiary/aromatic N) is 1. The highest BCUT2D eigenvalue weighted by Gasteiger charge is 2.30. The summed E-state index contributed by atoms with van der Waals surface area (Å²) in [5, 5.41) is 14.1. The van der Waals surface area contributed by atoms with Gasteiger partial charge in [0.15, 0.2) is 5.84 Å². The molecule has 0 bridgehead atoms. The van der Waals surface area contributed by atoms with E-state index in [1.165, 1.54) is 0 Å². The maximum atomic E-state index is 11.6. The molecule has 5 heteroatoms. The third-order valence-electron chi connectivity index (χ3n) is 1.86. The third kappa shape index (κ3) is 3.24. The smallest absolute Gasteiger partial charge is 0.226 e. The van der Waals surface area contributed by atoms with Crippen molar-refractivity contribution in [3.8, 4) is 0 Å². The third-order valence-corrected chi connectivity index (χ3v) is 1.86. The van der Waals surface area contributed by atoms with Gasteiger partial charge in [-0.25, -0.2) is 0 Å². The van der Waals surface area contributed by atoms with E-state index in [0.717, 1.165) is 0 Å². The molecule has 0 saturated carbocycles. The van der Waals surface area contributed by atoms with E-state index >= 15 is 0 Å². The Hall–Kier alpha value is -1.26. The number of nitrogens with two attached hydrogens (primary N) is 1. The summed E-state index contributed by atoms with van der Waals surface area (Å²) in [6.07, 6.45) is 0. The highest BCUT2D eigenvalue weighted by atomic mass is 16.4. The fraction of sp³-hybridized carbons (Fsp3) is 0.778. The second-order valence-electron chi connectivity index (χ2n) is 4.81. The van der Waals surface area contributed by atoms with E-state index in [2.05, 4.69) is 10.5 Å². The molecular weight excluding hydrogens is 182 g/mol. The maximum absolute atomic E-state index is 11.6. The van der Waals surface area contributed by atoms with Crippen molar-refractivity contribution in [3.63, 3.8) is 0 Å². The van der Waals surface area contributed by atoms with Crippen molar-refractivity contribution in [2.45, 2.75) is 40.2 Å². The molecule has 0 rings (SSSR count). The molecule has 0 aliphatic rings. The quantitative estimate of drug-likeness (QED) is 0.265. The fourth-order valence-corrected chi connectivity index (χ4v) is 0.660. The summed E-state index contributed by atoms with van der Waals surface area (Å²) < 4.78 is 0. The van der Waals surface area contributed by atoms with Crippen LogP contribution in [0.3, 0.4) is 0 Å². The van der Waals surface area contributed by atoms with Crippen molar-refractivity contribution in [2.75, 3.05) is 0 Å². The molecule has 4 N–H and O–H groups in total. The first-order valence-corrected chi connectivity index (χ1v) is 4.42. The number of carbonyl (C=O) groups is 1. The minimum atomic E-state index is -0.834. The Morgan fingerprint density at radius 1 is 1.29 bits per heavy atom. The van der Waals surface area contributed by atoms with Crippen LogP contribution in [0.2, 0.25) is 0 Å². The summed E-state index contributed by atoms with van der Waals surface area (Å²) in [4.78, 5) is 11.6. The molecule has 1 amide bonds. The van der Waals surface area contributed by atoms with E-state index in [1.54, 1.807) is 34.6 Å². The molecule has 82 valence electrons. The number of hydrogen-bond donors (Lipinski definition) is 3. The van der Waals surface area contributed by atoms with E-state index in [0.29, 0.717) is 0 Å². The van der Waals surface area contributed by atoms with Crippen molar-refractivity contribution in [3.05, 3.63) is 0 Å². The highest BCUT2D eigenvalue weighted by molar-refractivity contribution is 5.94. The van der Waals surface area contributed by atoms with Gasteiger partial charge in [0.2, 0.25) is 5.91 Å². The molecule has 0 aliphatic carbocycles. The standard InChI is InChI=1S/C9H19N3O2/c1-8(2,3)7(13)11-9(4,5)6(10)12-14/h14H,1-5H3,(H2,10,12)(H,11,13). The van der Waals surface area contributed by atoms with E-state index in [4.69, 9.17) is 10.9 Å². The van der Waals surface area contributed by atoms with E-state index in [1.807, 2.05) is 0 Å². The molecule has 0 aliphatic heterocycles. The van der Waals surface area contributed by atoms with Gasteiger partial charge < -0.3 is 16.3 Å². The first-order chi connectivity index (χ1) is 6.11. The normalized spacial score (nSPS) is 13.9. The summed E-state index contributed by atoms with van der Waals surface area (Å²) >= 11 is 0. The Balaban J connectivity index is 4.61. The Morgan fingerprint density at radius 2 is 1.71 bits per heavy atom. The van der Waals surface area contributed by atoms with Crippen molar-refractivity contribution in [2.24, 2.45) is 16.3 Å². The first kappa shape index (κ1) is 12.7. The van der Waals surface area contributed by atoms with E-state index < -0.39 is 11.0 Å². The van der Waals surface area contributed by atoms with Gasteiger partial charge in [-0.05, 0) is 13.8 Å². The van der Waals surface area contributed by atoms with Crippen LogP contribution in [0.15, 0.2) is 5.16 Å². The number of carbonyl (C=O) groups excluding carboxylic acids is 1. The molecule has 0 atom stereocenters. The second-order valence-corrected chi connectivity index (χ2v) is 4.81. The minimum Gasteiger partial charge on any atom is -0.409 e. The second kappa shape index (κ2) is 3.86. The van der Waals surface area contributed by atoms with Crippen LogP contribution < -0.4 is 11.1 Å². The Morgan fingerprint density at radius 3 is 2.00 bits per heavy atom. The lowest BCUT2D eigenvalue weighted by Crippen LogP contribution is -2.55. The van der Waals surface area contributed by atoms with Crippen LogP contribution in [0.1, 0.15) is 34.6 Å². The van der Waals surface area contributed by atoms with Crippen molar-refractivity contribution >= 4 is 11.7 Å². The minimum absolute atomic E-state index is 0.0184. The van der Waals surface area contributed by atoms with Crippen LogP contribution in [0.25, 0.3) is 0 Å². The largest absolute Gasteiger partial charge is 0.409 e. The van der Waals surface area contributed by atoms with Crippen LogP contribution in [-0.4, -0.2) is 22.5 Å². The summed E-state index contributed by atoms with van der Waals surface area (Å²) in [6, 6.07) is 0. The van der Waals surface area contributed by atoms with Gasteiger partial charge in [-0.3, -0.25) is 4.79 Å². The summed E-state index contributed by atoms with van der Waals surface area (Å²) in [7, 11) is 0. The Kier molecular flexibility index (Phi) is 3.51. The van der Waals surface area contributed by atoms with Gasteiger partial charge >= 0.3 is 0 Å². The Bertz CT molecular complexity index is 251. The number of nitrogens with one attached hydrogen (secondary N) is 1. The zero-order valence-corrected chi connectivity index (χ0v) is 9.38. The van der Waals surface area contributed by atoms with Crippen LogP contribution in [0.5, 0.6) is 0 Å². The molecule has 0 unspecified atom stereocenters. The van der Waals surface area contributed by atoms with Crippen molar-refractivity contribution in [1.82, 2.24) is 5.32 Å². The number of hydrogen-bond acceptors (Lipinski definition) is 3. The van der Waals surface area contributed by atoms with Crippen LogP contribution in [0, 0.1) is 5.41 Å². The monoisotopic (exact) mass is 201 g/mol. The van der Waals surface area contributed by atoms with Crippen LogP contribution >= 0.6 is 0 Å². The van der Waals surface area contributed by atoms with Crippen molar-refractivity contribution in [1.29, 1.82) is 0 Å². The van der Waals surface area contributed by atoms with Gasteiger partial charge in [0.1, 0.15) is 0 Å². The zero-order chi connectivity index (χ0) is 11.6. The lowest BCUT2D eigenvalue weighted by atomic mass is 9.93. The van der Waals surface area contributed by atoms with Crippen molar-refractivity contribution < 1.29 is 10.0 Å². The number of rotatable bonds is 2. The molecule has 0 spiro atoms. The SMILES string of the molecule is CC(C)(C)C(=O)NC(C)(C)/C(N)=N/O. The number of oxime groups is 1. The molecule has 5 nitrogen and oxygen atoms in total. The molecule has 0 aromatic carbocycles. The van der Waals surface area contributed by atoms with E-state index in [9.17, 15) is 4.79 Å². The lowest BCUT2D eigenvalue weighted by Gasteiger charge is -2.28. The van der Waals surface area contributed by atoms with Gasteiger partial charge in [0, 0.05) is 5.41 Å². The average Bonchev–Trinajstić information content (AvgIpc) is 2.00. The predicted molar refractivity (Wildman–Crippen MR) is 55.1 cm³/mol. The molecule has 0 heterocycles. The molecule has 0 aromatic heterocycles. The molecule has 0 saturated heterocycles. The molecule has 14 heavy (non-hydrogen) atoms. The zero-order valence-electron chi connectivity index (χ0n) is 9.38. The lowest BCUT2D eigenvalue weighted by molar-refractivity contribution is -0.129. The topological polar surface area (TPSA) is 87.7 Å². The molecule has 0 aromatic rings. The number of amidine groups is 1. The fourth-order valence-electron chi connectivity index (χ4n) is 0.660. The molecule has 0 radical (unpaired) electrons. The average molecular weight is 201 g/mol. The first-order valence-electron chi connectivity index (χ1n) is 4.42. The molecule has 0 fully saturated rings. The van der Waals surface area contributed by atoms with Gasteiger partial charge in [-0.15, -0.1) is 0 Å². The van der Waals surface area contributed by atoms with Crippen LogP contribution in [-0.2, 0) is 4.79 Å². The van der Waals surface area contributed by atoms with Gasteiger partial charge in [0.25, 0.3) is 0 Å².